The Morgan fingerprint density at radius 2 is 0.550 bits per heavy atom. The highest BCUT2D eigenvalue weighted by Gasteiger charge is 1.87. The molecule has 0 saturated carbocycles. The van der Waals surface area contributed by atoms with Gasteiger partial charge in [0.1, 0.15) is 0 Å². The van der Waals surface area contributed by atoms with Gasteiger partial charge >= 0.3 is 0 Å². The summed E-state index contributed by atoms with van der Waals surface area (Å²) in [6.45, 7) is 5.45. The van der Waals surface area contributed by atoms with Crippen LogP contribution in [0.15, 0.2) is 0 Å². The molecule has 0 N–H and O–H groups in total. The zero-order valence-corrected chi connectivity index (χ0v) is 15.5. The topological polar surface area (TPSA) is 36.9 Å². The van der Waals surface area contributed by atoms with Crippen LogP contribution in [0.1, 0.15) is 0 Å². The number of hydrogen-bond acceptors (Lipinski definition) is 8. The number of thiol groups is 4. The summed E-state index contributed by atoms with van der Waals surface area (Å²) in [6.07, 6.45) is 0. The van der Waals surface area contributed by atoms with Crippen molar-refractivity contribution in [2.24, 2.45) is 0 Å². The molecule has 0 aliphatic carbocycles. The highest BCUT2D eigenvalue weighted by atomic mass is 32.1. The molecule has 0 spiro atoms. The Kier molecular flexibility index (Phi) is 29.6. The second-order valence-electron chi connectivity index (χ2n) is 3.34. The molecule has 20 heavy (non-hydrogen) atoms. The van der Waals surface area contributed by atoms with Crippen LogP contribution in [0.2, 0.25) is 0 Å². The predicted octanol–water partition coefficient (Wildman–Crippen LogP) is 1.76. The molecule has 0 aliphatic heterocycles. The van der Waals surface area contributed by atoms with Gasteiger partial charge in [-0.1, -0.05) is 0 Å². The maximum atomic E-state index is 5.10. The van der Waals surface area contributed by atoms with Crippen molar-refractivity contribution >= 4 is 50.5 Å². The zero-order valence-electron chi connectivity index (χ0n) is 11.9. The van der Waals surface area contributed by atoms with E-state index in [4.69, 9.17) is 18.9 Å². The summed E-state index contributed by atoms with van der Waals surface area (Å²) in [7, 11) is 0. The Bertz CT molecular complexity index is 123. The van der Waals surface area contributed by atoms with E-state index < -0.39 is 0 Å². The highest BCUT2D eigenvalue weighted by Crippen LogP contribution is 1.82. The second-order valence-corrected chi connectivity index (χ2v) is 5.13. The van der Waals surface area contributed by atoms with Crippen molar-refractivity contribution in [2.75, 3.05) is 75.9 Å². The van der Waals surface area contributed by atoms with Crippen LogP contribution >= 0.6 is 50.5 Å². The number of ether oxygens (including phenoxy) is 4. The van der Waals surface area contributed by atoms with Crippen molar-refractivity contribution in [1.29, 1.82) is 0 Å². The van der Waals surface area contributed by atoms with Gasteiger partial charge in [-0.05, 0) is 0 Å². The predicted molar refractivity (Wildman–Crippen MR) is 98.7 cm³/mol. The Balaban J connectivity index is 0. The van der Waals surface area contributed by atoms with Gasteiger partial charge in [0.25, 0.3) is 0 Å². The van der Waals surface area contributed by atoms with Crippen molar-refractivity contribution in [2.45, 2.75) is 0 Å². The van der Waals surface area contributed by atoms with E-state index in [2.05, 4.69) is 50.5 Å². The van der Waals surface area contributed by atoms with Gasteiger partial charge < -0.3 is 18.9 Å². The van der Waals surface area contributed by atoms with E-state index in [1.165, 1.54) is 0 Å². The molecule has 0 rings (SSSR count). The van der Waals surface area contributed by atoms with E-state index in [0.717, 1.165) is 23.0 Å². The molecule has 0 amide bonds. The number of hydrogen-bond donors (Lipinski definition) is 4. The third-order valence-corrected chi connectivity index (χ3v) is 2.42. The van der Waals surface area contributed by atoms with Gasteiger partial charge in [0.15, 0.2) is 0 Å². The van der Waals surface area contributed by atoms with Crippen LogP contribution in [0, 0.1) is 0 Å². The Hall–Kier alpha value is 1.24. The Labute approximate surface area is 145 Å². The lowest BCUT2D eigenvalue weighted by Crippen LogP contribution is -2.07. The molecule has 0 atom stereocenters. The Morgan fingerprint density at radius 1 is 0.350 bits per heavy atom. The SMILES string of the molecule is SCCOCCOCCS.SCCOCCOCCS. The van der Waals surface area contributed by atoms with Crippen molar-refractivity contribution in [3.63, 3.8) is 0 Å². The van der Waals surface area contributed by atoms with Crippen LogP contribution < -0.4 is 0 Å². The van der Waals surface area contributed by atoms with Crippen LogP contribution in [0.5, 0.6) is 0 Å². The van der Waals surface area contributed by atoms with Crippen molar-refractivity contribution < 1.29 is 18.9 Å². The fraction of sp³-hybridized carbons (Fsp3) is 1.00. The molecule has 4 nitrogen and oxygen atoms in total. The molecular weight excluding hydrogens is 336 g/mol. The average Bonchev–Trinajstić information content (AvgIpc) is 2.47. The van der Waals surface area contributed by atoms with Crippen molar-refractivity contribution in [3.8, 4) is 0 Å². The molecule has 0 saturated heterocycles. The first-order chi connectivity index (χ1) is 9.83. The van der Waals surface area contributed by atoms with Gasteiger partial charge in [-0.15, -0.1) is 0 Å². The smallest absolute Gasteiger partial charge is 0.0700 e. The lowest BCUT2D eigenvalue weighted by atomic mass is 10.7. The summed E-state index contributed by atoms with van der Waals surface area (Å²) < 4.78 is 20.4. The van der Waals surface area contributed by atoms with E-state index in [1.807, 2.05) is 0 Å². The lowest BCUT2D eigenvalue weighted by molar-refractivity contribution is 0.0606. The molecule has 0 aromatic carbocycles. The van der Waals surface area contributed by atoms with E-state index in [-0.39, 0.29) is 0 Å². The zero-order chi connectivity index (χ0) is 15.3. The molecule has 0 bridgehead atoms. The van der Waals surface area contributed by atoms with Crippen LogP contribution in [-0.4, -0.2) is 75.9 Å². The second kappa shape index (κ2) is 25.2. The van der Waals surface area contributed by atoms with Gasteiger partial charge in [-0.3, -0.25) is 0 Å². The van der Waals surface area contributed by atoms with Gasteiger partial charge in [-0.2, -0.15) is 50.5 Å². The van der Waals surface area contributed by atoms with Crippen molar-refractivity contribution in [1.82, 2.24) is 0 Å². The first-order valence-corrected chi connectivity index (χ1v) is 9.10. The minimum Gasteiger partial charge on any atom is -0.378 e. The van der Waals surface area contributed by atoms with Crippen LogP contribution in [0.4, 0.5) is 0 Å². The van der Waals surface area contributed by atoms with E-state index >= 15 is 0 Å². The molecule has 124 valence electrons. The minimum absolute atomic E-state index is 0.661. The molecule has 8 heteroatoms. The van der Waals surface area contributed by atoms with Crippen LogP contribution in [-0.2, 0) is 18.9 Å². The average molecular weight is 365 g/mol. The van der Waals surface area contributed by atoms with E-state index in [1.54, 1.807) is 0 Å². The van der Waals surface area contributed by atoms with Gasteiger partial charge in [0.05, 0.1) is 52.9 Å². The summed E-state index contributed by atoms with van der Waals surface area (Å²) >= 11 is 15.9. The largest absolute Gasteiger partial charge is 0.378 e. The fourth-order valence-corrected chi connectivity index (χ4v) is 1.42. The molecule has 0 radical (unpaired) electrons. The standard InChI is InChI=1S/2C6H14O2S2/c2*9-5-3-7-1-2-8-4-6-10/h2*9-10H,1-6H2. The van der Waals surface area contributed by atoms with Crippen LogP contribution in [0.3, 0.4) is 0 Å². The maximum absolute atomic E-state index is 5.10. The highest BCUT2D eigenvalue weighted by molar-refractivity contribution is 7.80. The van der Waals surface area contributed by atoms with Crippen LogP contribution in [0.25, 0.3) is 0 Å². The molecule has 0 aromatic rings. The molecule has 0 fully saturated rings. The first kappa shape index (κ1) is 23.5. The normalized spacial score (nSPS) is 10.2. The van der Waals surface area contributed by atoms with Gasteiger partial charge in [0.2, 0.25) is 0 Å². The van der Waals surface area contributed by atoms with E-state index in [0.29, 0.717) is 52.9 Å². The van der Waals surface area contributed by atoms with Crippen molar-refractivity contribution in [3.05, 3.63) is 0 Å². The molecule has 0 unspecified atom stereocenters. The lowest BCUT2D eigenvalue weighted by Gasteiger charge is -2.01. The molecule has 0 aliphatic rings. The first-order valence-electron chi connectivity index (χ1n) is 6.57. The fourth-order valence-electron chi connectivity index (χ4n) is 0.902. The third-order valence-electron chi connectivity index (χ3n) is 1.69. The monoisotopic (exact) mass is 364 g/mol. The summed E-state index contributed by atoms with van der Waals surface area (Å²) in [5, 5.41) is 0. The molecule has 0 heterocycles. The maximum Gasteiger partial charge on any atom is 0.0700 e. The quantitative estimate of drug-likeness (QED) is 0.280. The molecule has 0 aromatic heterocycles. The minimum atomic E-state index is 0.661. The summed E-state index contributed by atoms with van der Waals surface area (Å²) in [6, 6.07) is 0. The number of rotatable bonds is 14. The third kappa shape index (κ3) is 27.6. The van der Waals surface area contributed by atoms with Gasteiger partial charge in [-0.25, -0.2) is 0 Å². The summed E-state index contributed by atoms with van der Waals surface area (Å²) in [5.74, 6) is 3.08. The summed E-state index contributed by atoms with van der Waals surface area (Å²) in [5.41, 5.74) is 0. The Morgan fingerprint density at radius 3 is 0.700 bits per heavy atom. The van der Waals surface area contributed by atoms with Gasteiger partial charge in [0, 0.05) is 23.0 Å². The van der Waals surface area contributed by atoms with E-state index in [9.17, 15) is 0 Å². The summed E-state index contributed by atoms with van der Waals surface area (Å²) in [4.78, 5) is 0. The molecular formula is C12H28O4S4.